The van der Waals surface area contributed by atoms with Crippen LogP contribution in [0.25, 0.3) is 0 Å². The highest BCUT2D eigenvalue weighted by molar-refractivity contribution is 6.77. The summed E-state index contributed by atoms with van der Waals surface area (Å²) in [4.78, 5) is 12.4. The molecule has 0 radical (unpaired) electrons. The fourth-order valence-electron chi connectivity index (χ4n) is 9.49. The van der Waals surface area contributed by atoms with E-state index in [4.69, 9.17) is 37.6 Å². The highest BCUT2D eigenvalue weighted by Crippen LogP contribution is 2.51. The van der Waals surface area contributed by atoms with E-state index >= 15 is 0 Å². The van der Waals surface area contributed by atoms with Crippen molar-refractivity contribution in [2.45, 2.75) is 160 Å². The lowest BCUT2D eigenvalue weighted by atomic mass is 9.70. The molecule has 0 bridgehead atoms. The van der Waals surface area contributed by atoms with Crippen molar-refractivity contribution in [3.63, 3.8) is 0 Å². The lowest BCUT2D eigenvalue weighted by Gasteiger charge is -2.56. The number of ether oxygens (including phenoxy) is 7. The van der Waals surface area contributed by atoms with E-state index in [1.54, 1.807) is 14.2 Å². The van der Waals surface area contributed by atoms with Gasteiger partial charge in [0.2, 0.25) is 8.32 Å². The Bertz CT molecular complexity index is 1570. The van der Waals surface area contributed by atoms with Crippen LogP contribution < -0.4 is 4.74 Å². The fourth-order valence-corrected chi connectivity index (χ4v) is 14.9. The SMILES string of the molecule is C=CCOC(=O)C[C@H](O)C[C@@H]1C[C@H](OCc2ccccc2)C(C)(C)[C@@](C[C@@H]2C/C(=C/CO[Si](C(C)C)(C(C)C)C(C)C)C[C@H](COCc3ccc(OC)cc3)O2)(OC)O1. The van der Waals surface area contributed by atoms with Gasteiger partial charge in [-0.25, -0.2) is 0 Å². The predicted octanol–water partition coefficient (Wildman–Crippen LogP) is 9.88. The molecule has 10 nitrogen and oxygen atoms in total. The van der Waals surface area contributed by atoms with Crippen LogP contribution in [0.5, 0.6) is 5.75 Å². The van der Waals surface area contributed by atoms with Crippen LogP contribution >= 0.6 is 0 Å². The normalized spacial score (nSPS) is 24.7. The second-order valence-corrected chi connectivity index (χ2v) is 23.3. The molecule has 2 aromatic rings. The zero-order chi connectivity index (χ0) is 43.2. The molecular weight excluding hydrogens is 765 g/mol. The van der Waals surface area contributed by atoms with Crippen molar-refractivity contribution in [1.82, 2.24) is 0 Å². The molecule has 0 amide bonds. The summed E-state index contributed by atoms with van der Waals surface area (Å²) < 4.78 is 51.0. The maximum atomic E-state index is 12.4. The summed E-state index contributed by atoms with van der Waals surface area (Å²) >= 11 is 0. The van der Waals surface area contributed by atoms with Gasteiger partial charge in [0, 0.05) is 31.8 Å². The Morgan fingerprint density at radius 1 is 0.898 bits per heavy atom. The van der Waals surface area contributed by atoms with Crippen LogP contribution in [0, 0.1) is 5.41 Å². The van der Waals surface area contributed by atoms with Gasteiger partial charge in [-0.2, -0.15) is 0 Å². The van der Waals surface area contributed by atoms with Gasteiger partial charge in [0.05, 0.1) is 70.5 Å². The maximum Gasteiger partial charge on any atom is 0.308 e. The molecular formula is C48H74O10Si. The van der Waals surface area contributed by atoms with Crippen molar-refractivity contribution >= 4 is 14.3 Å². The van der Waals surface area contributed by atoms with Gasteiger partial charge in [0.15, 0.2) is 5.79 Å². The lowest BCUT2D eigenvalue weighted by Crippen LogP contribution is -2.63. The van der Waals surface area contributed by atoms with Gasteiger partial charge in [0.25, 0.3) is 0 Å². The van der Waals surface area contributed by atoms with Gasteiger partial charge in [-0.1, -0.05) is 122 Å². The number of rotatable bonds is 23. The Balaban J connectivity index is 1.61. The summed E-state index contributed by atoms with van der Waals surface area (Å²) in [5.41, 5.74) is 4.18. The summed E-state index contributed by atoms with van der Waals surface area (Å²) in [5.74, 6) is -0.843. The Kier molecular flexibility index (Phi) is 18.9. The van der Waals surface area contributed by atoms with Crippen molar-refractivity contribution in [3.8, 4) is 5.75 Å². The third-order valence-electron chi connectivity index (χ3n) is 12.5. The van der Waals surface area contributed by atoms with E-state index < -0.39 is 37.7 Å². The van der Waals surface area contributed by atoms with E-state index in [9.17, 15) is 9.90 Å². The van der Waals surface area contributed by atoms with Crippen LogP contribution in [-0.2, 0) is 50.9 Å². The number of hydrogen-bond donors (Lipinski definition) is 1. The van der Waals surface area contributed by atoms with Gasteiger partial charge in [-0.15, -0.1) is 0 Å². The molecule has 2 fully saturated rings. The van der Waals surface area contributed by atoms with Gasteiger partial charge in [0.1, 0.15) is 12.4 Å². The summed E-state index contributed by atoms with van der Waals surface area (Å²) in [6.45, 7) is 23.7. The number of hydrogen-bond acceptors (Lipinski definition) is 10. The number of methoxy groups -OCH3 is 2. The van der Waals surface area contributed by atoms with Crippen LogP contribution in [0.3, 0.4) is 0 Å². The number of aliphatic hydroxyl groups is 1. The summed E-state index contributed by atoms with van der Waals surface area (Å²) in [5, 5.41) is 11.1. The third kappa shape index (κ3) is 13.1. The smallest absolute Gasteiger partial charge is 0.308 e. The van der Waals surface area contributed by atoms with Gasteiger partial charge >= 0.3 is 5.97 Å². The Morgan fingerprint density at radius 3 is 2.15 bits per heavy atom. The molecule has 4 rings (SSSR count). The van der Waals surface area contributed by atoms with Crippen molar-refractivity contribution < 1.29 is 47.5 Å². The van der Waals surface area contributed by atoms with Gasteiger partial charge < -0.3 is 42.7 Å². The largest absolute Gasteiger partial charge is 0.497 e. The van der Waals surface area contributed by atoms with Crippen molar-refractivity contribution in [2.24, 2.45) is 5.41 Å². The van der Waals surface area contributed by atoms with E-state index in [-0.39, 0.29) is 37.8 Å². The van der Waals surface area contributed by atoms with Crippen molar-refractivity contribution in [1.29, 1.82) is 0 Å². The first kappa shape index (κ1) is 48.8. The highest BCUT2D eigenvalue weighted by atomic mass is 28.4. The second-order valence-electron chi connectivity index (χ2n) is 17.9. The van der Waals surface area contributed by atoms with Crippen LogP contribution in [0.4, 0.5) is 0 Å². The summed E-state index contributed by atoms with van der Waals surface area (Å²) in [6.07, 6.45) is 3.93. The Hall–Kier alpha value is -2.87. The summed E-state index contributed by atoms with van der Waals surface area (Å²) in [6, 6.07) is 18.0. The molecule has 0 unspecified atom stereocenters. The van der Waals surface area contributed by atoms with Crippen LogP contribution in [-0.4, -0.2) is 89.7 Å². The monoisotopic (exact) mass is 839 g/mol. The van der Waals surface area contributed by atoms with Crippen LogP contribution in [0.15, 0.2) is 78.9 Å². The minimum Gasteiger partial charge on any atom is -0.497 e. The predicted molar refractivity (Wildman–Crippen MR) is 235 cm³/mol. The standard InChI is InChI=1S/C48H74O10Si/c1-12-23-54-46(50)28-40(49)27-42-29-45(55-32-37-16-14-13-15-17-37)47(8,9)48(52-11,58-42)30-43-25-39(22-24-56-59(34(2)3,35(4)5)36(6)7)26-44(57-43)33-53-31-38-18-20-41(51-10)21-19-38/h12-22,34-36,40,42-45,49H,1,23-33H2,2-11H3/b39-22-/t40-,42-,43+,44-,45+,48+/m1/s1. The Labute approximate surface area is 356 Å². The number of carbonyl (C=O) groups is 1. The molecule has 2 heterocycles. The minimum atomic E-state index is -2.08. The van der Waals surface area contributed by atoms with Crippen LogP contribution in [0.2, 0.25) is 16.6 Å². The molecule has 6 atom stereocenters. The van der Waals surface area contributed by atoms with E-state index in [0.29, 0.717) is 62.3 Å². The number of benzene rings is 2. The average molecular weight is 839 g/mol. The first-order chi connectivity index (χ1) is 28.1. The molecule has 11 heteroatoms. The minimum absolute atomic E-state index is 0.0926. The van der Waals surface area contributed by atoms with Gasteiger partial charge in [-0.3, -0.25) is 4.79 Å². The second kappa shape index (κ2) is 22.8. The number of carbonyl (C=O) groups excluding carboxylic acids is 1. The molecule has 2 aliphatic rings. The molecule has 0 spiro atoms. The first-order valence-electron chi connectivity index (χ1n) is 21.6. The lowest BCUT2D eigenvalue weighted by molar-refractivity contribution is -0.363. The van der Waals surface area contributed by atoms with Crippen LogP contribution in [0.1, 0.15) is 105 Å². The summed E-state index contributed by atoms with van der Waals surface area (Å²) in [7, 11) is 1.26. The van der Waals surface area contributed by atoms with Crippen molar-refractivity contribution in [2.75, 3.05) is 34.0 Å². The number of esters is 1. The molecule has 2 aliphatic heterocycles. The fraction of sp³-hybridized carbons (Fsp3) is 0.646. The van der Waals surface area contributed by atoms with Gasteiger partial charge in [-0.05, 0) is 52.7 Å². The third-order valence-corrected chi connectivity index (χ3v) is 18.6. The van der Waals surface area contributed by atoms with E-state index in [0.717, 1.165) is 23.3 Å². The number of aliphatic hydroxyl groups excluding tert-OH is 1. The Morgan fingerprint density at radius 2 is 1.54 bits per heavy atom. The molecule has 0 aromatic heterocycles. The molecule has 0 aliphatic carbocycles. The first-order valence-corrected chi connectivity index (χ1v) is 23.7. The molecule has 330 valence electrons. The molecule has 59 heavy (non-hydrogen) atoms. The molecule has 0 saturated carbocycles. The van der Waals surface area contributed by atoms with E-state index in [1.165, 1.54) is 11.6 Å². The topological polar surface area (TPSA) is 111 Å². The average Bonchev–Trinajstić information content (AvgIpc) is 3.19. The zero-order valence-corrected chi connectivity index (χ0v) is 38.6. The zero-order valence-electron chi connectivity index (χ0n) is 37.6. The molecule has 2 saturated heterocycles. The molecule has 1 N–H and O–H groups in total. The highest BCUT2D eigenvalue weighted by Gasteiger charge is 2.58. The quantitative estimate of drug-likeness (QED) is 0.0660. The van der Waals surface area contributed by atoms with E-state index in [2.05, 4.69) is 68.0 Å². The van der Waals surface area contributed by atoms with E-state index in [1.807, 2.05) is 54.6 Å². The molecule has 2 aromatic carbocycles. The van der Waals surface area contributed by atoms with Crippen molar-refractivity contribution in [3.05, 3.63) is 90.0 Å². The maximum absolute atomic E-state index is 12.4.